The van der Waals surface area contributed by atoms with Gasteiger partial charge in [-0.3, -0.25) is 4.68 Å². The second kappa shape index (κ2) is 10.1. The minimum absolute atomic E-state index is 0.183. The molecule has 160 valence electrons. The molecule has 0 saturated carbocycles. The topological polar surface area (TPSA) is 83.5 Å². The zero-order chi connectivity index (χ0) is 21.5. The van der Waals surface area contributed by atoms with Crippen LogP contribution in [0.4, 0.5) is 0 Å². The number of nitrogens with zero attached hydrogens (tertiary/aromatic N) is 5. The van der Waals surface area contributed by atoms with Gasteiger partial charge in [0.05, 0.1) is 18.8 Å². The van der Waals surface area contributed by atoms with Crippen molar-refractivity contribution in [3.63, 3.8) is 0 Å². The SMILES string of the molecule is CCNC(=NCc1coc(-c2ccc(C)cc2)n1)NCC(c1cnn(C)c1)N(C)C. The van der Waals surface area contributed by atoms with Gasteiger partial charge < -0.3 is 20.0 Å². The number of benzene rings is 1. The van der Waals surface area contributed by atoms with Crippen LogP contribution in [0.2, 0.25) is 0 Å². The molecule has 2 N–H and O–H groups in total. The molecule has 2 heterocycles. The zero-order valence-electron chi connectivity index (χ0n) is 18.4. The Balaban J connectivity index is 1.65. The molecule has 0 amide bonds. The number of aromatic nitrogens is 3. The molecule has 1 aromatic carbocycles. The van der Waals surface area contributed by atoms with Crippen LogP contribution in [0, 0.1) is 6.92 Å². The maximum Gasteiger partial charge on any atom is 0.226 e. The highest BCUT2D eigenvalue weighted by atomic mass is 16.3. The monoisotopic (exact) mass is 409 g/mol. The van der Waals surface area contributed by atoms with Gasteiger partial charge in [0, 0.05) is 37.5 Å². The third kappa shape index (κ3) is 5.70. The summed E-state index contributed by atoms with van der Waals surface area (Å²) in [4.78, 5) is 11.4. The molecule has 3 rings (SSSR count). The van der Waals surface area contributed by atoms with E-state index < -0.39 is 0 Å². The molecule has 1 unspecified atom stereocenters. The summed E-state index contributed by atoms with van der Waals surface area (Å²) in [6.07, 6.45) is 5.61. The van der Waals surface area contributed by atoms with E-state index in [0.717, 1.165) is 29.3 Å². The molecule has 0 spiro atoms. The number of hydrogen-bond acceptors (Lipinski definition) is 5. The Morgan fingerprint density at radius 1 is 1.23 bits per heavy atom. The molecule has 8 heteroatoms. The van der Waals surface area contributed by atoms with Crippen LogP contribution < -0.4 is 10.6 Å². The first kappa shape index (κ1) is 21.6. The molecule has 0 saturated heterocycles. The van der Waals surface area contributed by atoms with Crippen molar-refractivity contribution in [2.45, 2.75) is 26.4 Å². The fourth-order valence-electron chi connectivity index (χ4n) is 3.11. The second-order valence-corrected chi connectivity index (χ2v) is 7.51. The van der Waals surface area contributed by atoms with E-state index in [-0.39, 0.29) is 6.04 Å². The first-order valence-corrected chi connectivity index (χ1v) is 10.1. The lowest BCUT2D eigenvalue weighted by molar-refractivity contribution is 0.298. The lowest BCUT2D eigenvalue weighted by Crippen LogP contribution is -2.41. The van der Waals surface area contributed by atoms with Gasteiger partial charge in [0.25, 0.3) is 0 Å². The summed E-state index contributed by atoms with van der Waals surface area (Å²) in [7, 11) is 6.05. The molecular formula is C22H31N7O. The Morgan fingerprint density at radius 2 is 2.00 bits per heavy atom. The second-order valence-electron chi connectivity index (χ2n) is 7.51. The Labute approximate surface area is 178 Å². The van der Waals surface area contributed by atoms with E-state index in [0.29, 0.717) is 19.0 Å². The summed E-state index contributed by atoms with van der Waals surface area (Å²) in [5.41, 5.74) is 4.12. The predicted octanol–water partition coefficient (Wildman–Crippen LogP) is 2.74. The number of guanidine groups is 1. The number of oxazole rings is 1. The van der Waals surface area contributed by atoms with Gasteiger partial charge in [-0.25, -0.2) is 9.98 Å². The van der Waals surface area contributed by atoms with E-state index in [1.54, 1.807) is 6.26 Å². The molecule has 8 nitrogen and oxygen atoms in total. The van der Waals surface area contributed by atoms with Crippen LogP contribution in [0.5, 0.6) is 0 Å². The van der Waals surface area contributed by atoms with Crippen molar-refractivity contribution in [1.82, 2.24) is 30.3 Å². The van der Waals surface area contributed by atoms with Gasteiger partial charge in [0.15, 0.2) is 5.96 Å². The Morgan fingerprint density at radius 3 is 2.63 bits per heavy atom. The van der Waals surface area contributed by atoms with Gasteiger partial charge in [-0.1, -0.05) is 17.7 Å². The van der Waals surface area contributed by atoms with Crippen molar-refractivity contribution < 1.29 is 4.42 Å². The number of aryl methyl sites for hydroxylation is 2. The van der Waals surface area contributed by atoms with E-state index in [4.69, 9.17) is 4.42 Å². The molecule has 3 aromatic rings. The fourth-order valence-corrected chi connectivity index (χ4v) is 3.11. The van der Waals surface area contributed by atoms with E-state index in [1.807, 2.05) is 55.3 Å². The average molecular weight is 410 g/mol. The molecule has 30 heavy (non-hydrogen) atoms. The van der Waals surface area contributed by atoms with E-state index in [1.165, 1.54) is 5.56 Å². The van der Waals surface area contributed by atoms with Crippen LogP contribution in [-0.2, 0) is 13.6 Å². The minimum atomic E-state index is 0.183. The van der Waals surface area contributed by atoms with E-state index in [9.17, 15) is 0 Å². The van der Waals surface area contributed by atoms with E-state index in [2.05, 4.69) is 51.6 Å². The molecule has 1 atom stereocenters. The fraction of sp³-hybridized carbons (Fsp3) is 0.409. The first-order valence-electron chi connectivity index (χ1n) is 10.1. The molecule has 0 radical (unpaired) electrons. The van der Waals surface area contributed by atoms with Gasteiger partial charge in [0.1, 0.15) is 12.0 Å². The van der Waals surface area contributed by atoms with Gasteiger partial charge >= 0.3 is 0 Å². The van der Waals surface area contributed by atoms with Crippen LogP contribution in [-0.4, -0.2) is 52.8 Å². The Bertz CT molecular complexity index is 956. The van der Waals surface area contributed by atoms with Crippen LogP contribution in [0.3, 0.4) is 0 Å². The highest BCUT2D eigenvalue weighted by molar-refractivity contribution is 5.79. The largest absolute Gasteiger partial charge is 0.444 e. The van der Waals surface area contributed by atoms with Gasteiger partial charge in [-0.15, -0.1) is 0 Å². The maximum absolute atomic E-state index is 5.64. The molecule has 0 fully saturated rings. The quantitative estimate of drug-likeness (QED) is 0.440. The van der Waals surface area contributed by atoms with Gasteiger partial charge in [0.2, 0.25) is 5.89 Å². The van der Waals surface area contributed by atoms with E-state index >= 15 is 0 Å². The predicted molar refractivity (Wildman–Crippen MR) is 119 cm³/mol. The van der Waals surface area contributed by atoms with Crippen LogP contribution >= 0.6 is 0 Å². The summed E-state index contributed by atoms with van der Waals surface area (Å²) < 4.78 is 7.46. The molecule has 0 bridgehead atoms. The number of likely N-dealkylation sites (N-methyl/N-ethyl adjacent to an activating group) is 1. The third-order valence-corrected chi connectivity index (χ3v) is 4.79. The van der Waals surface area contributed by atoms with Crippen molar-refractivity contribution in [1.29, 1.82) is 0 Å². The van der Waals surface area contributed by atoms with Crippen LogP contribution in [0.15, 0.2) is 52.3 Å². The summed E-state index contributed by atoms with van der Waals surface area (Å²) in [6, 6.07) is 8.31. The summed E-state index contributed by atoms with van der Waals surface area (Å²) in [5, 5.41) is 11.0. The number of aliphatic imine (C=N–C) groups is 1. The van der Waals surface area contributed by atoms with Gasteiger partial charge in [-0.2, -0.15) is 5.10 Å². The third-order valence-electron chi connectivity index (χ3n) is 4.79. The van der Waals surface area contributed by atoms with Gasteiger partial charge in [-0.05, 0) is 40.1 Å². The summed E-state index contributed by atoms with van der Waals surface area (Å²) in [6.45, 7) is 6.03. The average Bonchev–Trinajstić information content (AvgIpc) is 3.36. The van der Waals surface area contributed by atoms with Crippen molar-refractivity contribution >= 4 is 5.96 Å². The smallest absolute Gasteiger partial charge is 0.226 e. The van der Waals surface area contributed by atoms with Crippen molar-refractivity contribution in [3.8, 4) is 11.5 Å². The highest BCUT2D eigenvalue weighted by Gasteiger charge is 2.16. The summed E-state index contributed by atoms with van der Waals surface area (Å²) >= 11 is 0. The standard InChI is InChI=1S/C22H31N7O/c1-6-23-22(25-13-20(28(3)4)18-11-26-29(5)14-18)24-12-19-15-30-21(27-19)17-9-7-16(2)8-10-17/h7-11,14-15,20H,6,12-13H2,1-5H3,(H2,23,24,25). The Hall–Kier alpha value is -3.13. The van der Waals surface area contributed by atoms with Crippen molar-refractivity contribution in [2.24, 2.45) is 12.0 Å². The van der Waals surface area contributed by atoms with Crippen molar-refractivity contribution in [2.75, 3.05) is 27.2 Å². The molecule has 0 aliphatic heterocycles. The molecule has 0 aliphatic rings. The first-order chi connectivity index (χ1) is 14.5. The maximum atomic E-state index is 5.64. The lowest BCUT2D eigenvalue weighted by atomic mass is 10.1. The number of nitrogens with one attached hydrogen (secondary N) is 2. The summed E-state index contributed by atoms with van der Waals surface area (Å²) in [5.74, 6) is 1.36. The van der Waals surface area contributed by atoms with Crippen LogP contribution in [0.25, 0.3) is 11.5 Å². The number of hydrogen-bond donors (Lipinski definition) is 2. The van der Waals surface area contributed by atoms with Crippen LogP contribution in [0.1, 0.15) is 29.8 Å². The molecular weight excluding hydrogens is 378 g/mol. The lowest BCUT2D eigenvalue weighted by Gasteiger charge is -2.24. The van der Waals surface area contributed by atoms with Crippen molar-refractivity contribution in [3.05, 3.63) is 59.7 Å². The molecule has 2 aromatic heterocycles. The number of rotatable bonds is 8. The zero-order valence-corrected chi connectivity index (χ0v) is 18.4. The normalized spacial score (nSPS) is 12.9. The minimum Gasteiger partial charge on any atom is -0.444 e. The highest BCUT2D eigenvalue weighted by Crippen LogP contribution is 2.19. The molecule has 0 aliphatic carbocycles. The Kier molecular flexibility index (Phi) is 7.24.